The Morgan fingerprint density at radius 3 is 2.29 bits per heavy atom. The van der Waals surface area contributed by atoms with Crippen molar-refractivity contribution in [3.8, 4) is 0 Å². The van der Waals surface area contributed by atoms with Crippen molar-refractivity contribution in [1.29, 1.82) is 0 Å². The molecule has 1 N–H and O–H groups in total. The van der Waals surface area contributed by atoms with E-state index in [0.717, 1.165) is 17.0 Å². The van der Waals surface area contributed by atoms with Gasteiger partial charge in [0.15, 0.2) is 0 Å². The molecule has 0 heterocycles. The molecular weight excluding hydrogens is 323 g/mol. The number of rotatable bonds is 3. The Balaban J connectivity index is 2.08. The molecule has 2 nitrogen and oxygen atoms in total. The summed E-state index contributed by atoms with van der Waals surface area (Å²) in [5.41, 5.74) is 6.16. The van der Waals surface area contributed by atoms with Gasteiger partial charge < -0.3 is 0 Å². The highest BCUT2D eigenvalue weighted by molar-refractivity contribution is 14.1. The topological polar surface area (TPSA) is 24.4 Å². The summed E-state index contributed by atoms with van der Waals surface area (Å²) in [6.45, 7) is 2.00. The Labute approximate surface area is 115 Å². The lowest BCUT2D eigenvalue weighted by atomic mass is 10.1. The molecule has 0 amide bonds. The van der Waals surface area contributed by atoms with Crippen LogP contribution in [0.3, 0.4) is 0 Å². The second-order valence-electron chi connectivity index (χ2n) is 3.68. The van der Waals surface area contributed by atoms with Gasteiger partial charge in [-0.3, -0.25) is 5.43 Å². The summed E-state index contributed by atoms with van der Waals surface area (Å²) in [7, 11) is 0. The Hall–Kier alpha value is -1.36. The van der Waals surface area contributed by atoms with Crippen molar-refractivity contribution in [3.63, 3.8) is 0 Å². The van der Waals surface area contributed by atoms with Gasteiger partial charge in [0.1, 0.15) is 0 Å². The fraction of sp³-hybridized carbons (Fsp3) is 0.0714. The van der Waals surface area contributed by atoms with E-state index in [1.54, 1.807) is 0 Å². The lowest BCUT2D eigenvalue weighted by Gasteiger charge is -2.03. The van der Waals surface area contributed by atoms with Crippen molar-refractivity contribution < 1.29 is 0 Å². The minimum atomic E-state index is 0.976. The number of nitrogens with one attached hydrogen (secondary N) is 1. The summed E-state index contributed by atoms with van der Waals surface area (Å²) in [6.07, 6.45) is 0. The Bertz CT molecular complexity index is 504. The molecule has 2 rings (SSSR count). The fourth-order valence-corrected chi connectivity index (χ4v) is 1.78. The number of hydrogen-bond donors (Lipinski definition) is 1. The van der Waals surface area contributed by atoms with Gasteiger partial charge in [0, 0.05) is 3.57 Å². The lowest BCUT2D eigenvalue weighted by molar-refractivity contribution is 1.32. The van der Waals surface area contributed by atoms with Crippen LogP contribution in [-0.4, -0.2) is 5.71 Å². The first-order valence-corrected chi connectivity index (χ1v) is 6.45. The van der Waals surface area contributed by atoms with Crippen LogP contribution >= 0.6 is 22.6 Å². The molecule has 0 spiro atoms. The van der Waals surface area contributed by atoms with E-state index in [1.807, 2.05) is 37.3 Å². The second-order valence-corrected chi connectivity index (χ2v) is 4.93. The van der Waals surface area contributed by atoms with Gasteiger partial charge in [0.05, 0.1) is 11.4 Å². The number of hydrogen-bond acceptors (Lipinski definition) is 2. The van der Waals surface area contributed by atoms with Crippen molar-refractivity contribution in [3.05, 3.63) is 63.7 Å². The van der Waals surface area contributed by atoms with E-state index in [2.05, 4.69) is 57.4 Å². The van der Waals surface area contributed by atoms with Gasteiger partial charge in [-0.25, -0.2) is 0 Å². The minimum absolute atomic E-state index is 0.976. The van der Waals surface area contributed by atoms with Crippen LogP contribution in [0.1, 0.15) is 12.5 Å². The first-order chi connectivity index (χ1) is 8.25. The Morgan fingerprint density at radius 1 is 1.00 bits per heavy atom. The zero-order valence-electron chi connectivity index (χ0n) is 9.52. The molecule has 86 valence electrons. The maximum Gasteiger partial charge on any atom is 0.0648 e. The van der Waals surface area contributed by atoms with Crippen molar-refractivity contribution in [2.24, 2.45) is 5.10 Å². The summed E-state index contributed by atoms with van der Waals surface area (Å²) in [5.74, 6) is 0. The number of nitrogens with zero attached hydrogens (tertiary/aromatic N) is 1. The molecule has 0 saturated carbocycles. The van der Waals surface area contributed by atoms with Gasteiger partial charge in [-0.15, -0.1) is 0 Å². The average Bonchev–Trinajstić information content (AvgIpc) is 2.39. The van der Waals surface area contributed by atoms with Crippen molar-refractivity contribution in [1.82, 2.24) is 0 Å². The van der Waals surface area contributed by atoms with Crippen molar-refractivity contribution >= 4 is 34.0 Å². The van der Waals surface area contributed by atoms with Crippen LogP contribution < -0.4 is 5.43 Å². The van der Waals surface area contributed by atoms with Crippen LogP contribution in [0, 0.1) is 3.57 Å². The second kappa shape index (κ2) is 5.82. The summed E-state index contributed by atoms with van der Waals surface area (Å²) in [4.78, 5) is 0. The third kappa shape index (κ3) is 3.56. The molecule has 3 heteroatoms. The van der Waals surface area contributed by atoms with Crippen LogP contribution in [0.5, 0.6) is 0 Å². The Kier molecular flexibility index (Phi) is 4.14. The third-order valence-electron chi connectivity index (χ3n) is 2.39. The summed E-state index contributed by atoms with van der Waals surface area (Å²) < 4.78 is 1.22. The zero-order valence-corrected chi connectivity index (χ0v) is 11.7. The SMILES string of the molecule is C/C(=N\Nc1ccc(I)cc1)c1ccccc1. The molecule has 0 aromatic heterocycles. The van der Waals surface area contributed by atoms with E-state index < -0.39 is 0 Å². The highest BCUT2D eigenvalue weighted by Gasteiger charge is 1.95. The fourth-order valence-electron chi connectivity index (χ4n) is 1.42. The van der Waals surface area contributed by atoms with Crippen LogP contribution in [0.4, 0.5) is 5.69 Å². The van der Waals surface area contributed by atoms with Crippen LogP contribution in [0.25, 0.3) is 0 Å². The van der Waals surface area contributed by atoms with E-state index in [-0.39, 0.29) is 0 Å². The van der Waals surface area contributed by atoms with E-state index >= 15 is 0 Å². The molecule has 0 aliphatic rings. The third-order valence-corrected chi connectivity index (χ3v) is 3.11. The summed E-state index contributed by atoms with van der Waals surface area (Å²) in [5, 5.41) is 4.36. The number of halogens is 1. The maximum atomic E-state index is 4.36. The number of benzene rings is 2. The maximum absolute atomic E-state index is 4.36. The molecule has 0 aliphatic heterocycles. The Morgan fingerprint density at radius 2 is 1.65 bits per heavy atom. The highest BCUT2D eigenvalue weighted by Crippen LogP contribution is 2.11. The molecular formula is C14H13IN2. The molecule has 2 aromatic rings. The molecule has 0 unspecified atom stereocenters. The molecule has 0 bridgehead atoms. The van der Waals surface area contributed by atoms with E-state index in [4.69, 9.17) is 0 Å². The number of anilines is 1. The van der Waals surface area contributed by atoms with Crippen molar-refractivity contribution in [2.75, 3.05) is 5.43 Å². The largest absolute Gasteiger partial charge is 0.278 e. The van der Waals surface area contributed by atoms with Crippen LogP contribution in [0.15, 0.2) is 59.7 Å². The van der Waals surface area contributed by atoms with Crippen molar-refractivity contribution in [2.45, 2.75) is 6.92 Å². The predicted molar refractivity (Wildman–Crippen MR) is 81.4 cm³/mol. The molecule has 2 aromatic carbocycles. The van der Waals surface area contributed by atoms with E-state index in [9.17, 15) is 0 Å². The van der Waals surface area contributed by atoms with Gasteiger partial charge in [0.2, 0.25) is 0 Å². The quantitative estimate of drug-likeness (QED) is 0.509. The van der Waals surface area contributed by atoms with E-state index in [0.29, 0.717) is 0 Å². The summed E-state index contributed by atoms with van der Waals surface area (Å²) >= 11 is 2.28. The van der Waals surface area contributed by atoms with Gasteiger partial charge >= 0.3 is 0 Å². The molecule has 0 fully saturated rings. The molecule has 0 saturated heterocycles. The normalized spacial score (nSPS) is 11.3. The smallest absolute Gasteiger partial charge is 0.0648 e. The predicted octanol–water partition coefficient (Wildman–Crippen LogP) is 4.13. The lowest BCUT2D eigenvalue weighted by Crippen LogP contribution is -1.99. The first kappa shape index (κ1) is 12.1. The highest BCUT2D eigenvalue weighted by atomic mass is 127. The monoisotopic (exact) mass is 336 g/mol. The summed E-state index contributed by atoms with van der Waals surface area (Å²) in [6, 6.07) is 18.3. The number of hydrazone groups is 1. The van der Waals surface area contributed by atoms with Gasteiger partial charge in [0.25, 0.3) is 0 Å². The molecule has 0 radical (unpaired) electrons. The van der Waals surface area contributed by atoms with Crippen LogP contribution in [-0.2, 0) is 0 Å². The van der Waals surface area contributed by atoms with Gasteiger partial charge in [-0.05, 0) is 59.3 Å². The van der Waals surface area contributed by atoms with Crippen LogP contribution in [0.2, 0.25) is 0 Å². The van der Waals surface area contributed by atoms with E-state index in [1.165, 1.54) is 3.57 Å². The molecule has 0 atom stereocenters. The standard InChI is InChI=1S/C14H13IN2/c1-11(12-5-3-2-4-6-12)16-17-14-9-7-13(15)8-10-14/h2-10,17H,1H3/b16-11+. The molecule has 0 aliphatic carbocycles. The average molecular weight is 336 g/mol. The molecule has 17 heavy (non-hydrogen) atoms. The minimum Gasteiger partial charge on any atom is -0.278 e. The first-order valence-electron chi connectivity index (χ1n) is 5.37. The van der Waals surface area contributed by atoms with Gasteiger partial charge in [-0.2, -0.15) is 5.10 Å². The van der Waals surface area contributed by atoms with Gasteiger partial charge in [-0.1, -0.05) is 30.3 Å². The zero-order chi connectivity index (χ0) is 12.1.